The van der Waals surface area contributed by atoms with E-state index in [1.807, 2.05) is 46.8 Å². The fourth-order valence-corrected chi connectivity index (χ4v) is 8.06. The van der Waals surface area contributed by atoms with Gasteiger partial charge in [0.25, 0.3) is 11.5 Å². The van der Waals surface area contributed by atoms with Crippen LogP contribution in [0.5, 0.6) is 0 Å². The molecule has 0 bridgehead atoms. The lowest BCUT2D eigenvalue weighted by molar-refractivity contribution is -0.133. The van der Waals surface area contributed by atoms with Gasteiger partial charge in [-0.05, 0) is 40.6 Å². The minimum absolute atomic E-state index is 0.0652. The highest BCUT2D eigenvalue weighted by Gasteiger charge is 2.34. The number of hydrogen-bond donors (Lipinski definition) is 0. The van der Waals surface area contributed by atoms with Gasteiger partial charge in [0, 0.05) is 21.9 Å². The third-order valence-electron chi connectivity index (χ3n) is 5.74. The molecule has 32 heavy (non-hydrogen) atoms. The molecule has 10 heteroatoms. The maximum absolute atomic E-state index is 13.4. The second-order valence-corrected chi connectivity index (χ2v) is 11.8. The number of hydrogen-bond acceptors (Lipinski definition) is 8. The smallest absolute Gasteiger partial charge is 0.263 e. The number of amides is 1. The van der Waals surface area contributed by atoms with Gasteiger partial charge in [0.05, 0.1) is 28.3 Å². The third-order valence-corrected chi connectivity index (χ3v) is 9.94. The zero-order valence-electron chi connectivity index (χ0n) is 16.9. The van der Waals surface area contributed by atoms with Crippen molar-refractivity contribution in [2.75, 3.05) is 5.75 Å². The summed E-state index contributed by atoms with van der Waals surface area (Å²) < 4.78 is 1.45. The van der Waals surface area contributed by atoms with E-state index in [-0.39, 0.29) is 24.1 Å². The van der Waals surface area contributed by atoms with Crippen molar-refractivity contribution in [2.24, 2.45) is 5.10 Å². The van der Waals surface area contributed by atoms with Crippen LogP contribution in [-0.2, 0) is 23.5 Å². The first-order valence-corrected chi connectivity index (χ1v) is 14.0. The average molecular weight is 499 g/mol. The van der Waals surface area contributed by atoms with Crippen molar-refractivity contribution in [1.82, 2.24) is 14.6 Å². The molecule has 6 heterocycles. The Morgan fingerprint density at radius 3 is 2.88 bits per heavy atom. The van der Waals surface area contributed by atoms with Gasteiger partial charge in [0.2, 0.25) is 0 Å². The first kappa shape index (κ1) is 20.3. The summed E-state index contributed by atoms with van der Waals surface area (Å²) in [7, 11) is 0. The highest BCUT2D eigenvalue weighted by Crippen LogP contribution is 2.37. The molecule has 1 amide bonds. The zero-order chi connectivity index (χ0) is 21.7. The van der Waals surface area contributed by atoms with Crippen LogP contribution >= 0.6 is 45.8 Å². The standard InChI is InChI=1S/C22H18N4O2S4/c27-19(10-25-12-23-21-20(22(25)28)13-5-8-29-11-18(13)32-21)26-15(17-4-2-7-31-17)9-14(24-26)16-3-1-6-30-16/h1-4,6-7,12,15H,5,8-11H2/t15-/m1/s1. The zero-order valence-corrected chi connectivity index (χ0v) is 20.2. The van der Waals surface area contributed by atoms with Crippen LogP contribution in [0.3, 0.4) is 0 Å². The highest BCUT2D eigenvalue weighted by atomic mass is 32.2. The summed E-state index contributed by atoms with van der Waals surface area (Å²) in [5.74, 6) is 1.76. The molecule has 4 aromatic heterocycles. The quantitative estimate of drug-likeness (QED) is 0.407. The second kappa shape index (κ2) is 8.26. The van der Waals surface area contributed by atoms with Crippen molar-refractivity contribution in [1.29, 1.82) is 0 Å². The second-order valence-electron chi connectivity index (χ2n) is 7.66. The molecule has 6 rings (SSSR count). The molecule has 2 aliphatic rings. The van der Waals surface area contributed by atoms with E-state index in [1.54, 1.807) is 39.0 Å². The lowest BCUT2D eigenvalue weighted by atomic mass is 10.1. The fraction of sp³-hybridized carbons (Fsp3) is 0.273. The van der Waals surface area contributed by atoms with Crippen LogP contribution < -0.4 is 5.56 Å². The predicted molar refractivity (Wildman–Crippen MR) is 133 cm³/mol. The molecule has 0 unspecified atom stereocenters. The van der Waals surface area contributed by atoms with E-state index in [4.69, 9.17) is 5.10 Å². The minimum atomic E-state index is -0.196. The molecule has 0 saturated heterocycles. The Hall–Kier alpha value is -2.27. The van der Waals surface area contributed by atoms with E-state index in [2.05, 4.69) is 4.98 Å². The Balaban J connectivity index is 1.34. The van der Waals surface area contributed by atoms with Crippen molar-refractivity contribution in [3.63, 3.8) is 0 Å². The molecular weight excluding hydrogens is 481 g/mol. The molecule has 0 aromatic carbocycles. The summed E-state index contributed by atoms with van der Waals surface area (Å²) in [6, 6.07) is 7.92. The third kappa shape index (κ3) is 3.45. The van der Waals surface area contributed by atoms with Crippen LogP contribution in [0.25, 0.3) is 10.2 Å². The molecule has 0 N–H and O–H groups in total. The number of aryl methyl sites for hydroxylation is 1. The summed E-state index contributed by atoms with van der Waals surface area (Å²) in [6.07, 6.45) is 3.07. The van der Waals surface area contributed by atoms with Gasteiger partial charge in [-0.15, -0.1) is 34.0 Å². The lowest BCUT2D eigenvalue weighted by Gasteiger charge is -2.21. The first-order chi connectivity index (χ1) is 15.7. The van der Waals surface area contributed by atoms with E-state index in [0.29, 0.717) is 11.8 Å². The van der Waals surface area contributed by atoms with E-state index < -0.39 is 0 Å². The Kier molecular flexibility index (Phi) is 5.25. The number of fused-ring (bicyclic) bond motifs is 3. The number of nitrogens with zero attached hydrogens (tertiary/aromatic N) is 4. The maximum atomic E-state index is 13.4. The Labute approximate surface area is 200 Å². The molecule has 0 spiro atoms. The van der Waals surface area contributed by atoms with Gasteiger partial charge in [-0.25, -0.2) is 9.99 Å². The van der Waals surface area contributed by atoms with Gasteiger partial charge in [0.15, 0.2) is 0 Å². The molecule has 162 valence electrons. The number of thiophene rings is 3. The summed E-state index contributed by atoms with van der Waals surface area (Å²) in [6.45, 7) is -0.0652. The molecule has 1 atom stereocenters. The largest absolute Gasteiger partial charge is 0.289 e. The number of thioether (sulfide) groups is 1. The van der Waals surface area contributed by atoms with Crippen LogP contribution in [0, 0.1) is 0 Å². The van der Waals surface area contributed by atoms with Crippen molar-refractivity contribution in [2.45, 2.75) is 31.2 Å². The van der Waals surface area contributed by atoms with Gasteiger partial charge in [-0.3, -0.25) is 14.2 Å². The van der Waals surface area contributed by atoms with Crippen LogP contribution in [0.4, 0.5) is 0 Å². The van der Waals surface area contributed by atoms with E-state index >= 15 is 0 Å². The highest BCUT2D eigenvalue weighted by molar-refractivity contribution is 7.98. The number of aromatic nitrogens is 2. The Bertz CT molecular complexity index is 1390. The van der Waals surface area contributed by atoms with Crippen molar-refractivity contribution >= 4 is 67.6 Å². The summed E-state index contributed by atoms with van der Waals surface area (Å²) >= 11 is 6.74. The molecule has 6 nitrogen and oxygen atoms in total. The summed E-state index contributed by atoms with van der Waals surface area (Å²) in [4.78, 5) is 35.4. The lowest BCUT2D eigenvalue weighted by Crippen LogP contribution is -2.34. The molecule has 0 radical (unpaired) electrons. The van der Waals surface area contributed by atoms with Gasteiger partial charge >= 0.3 is 0 Å². The molecule has 0 saturated carbocycles. The Morgan fingerprint density at radius 2 is 2.06 bits per heavy atom. The maximum Gasteiger partial charge on any atom is 0.263 e. The number of hydrazone groups is 1. The average Bonchev–Trinajstić information content (AvgIpc) is 3.60. The van der Waals surface area contributed by atoms with Crippen LogP contribution in [0.2, 0.25) is 0 Å². The van der Waals surface area contributed by atoms with Crippen LogP contribution in [-0.4, -0.2) is 31.9 Å². The van der Waals surface area contributed by atoms with E-state index in [1.165, 1.54) is 15.8 Å². The van der Waals surface area contributed by atoms with Crippen LogP contribution in [0.15, 0.2) is 51.2 Å². The molecule has 4 aromatic rings. The monoisotopic (exact) mass is 498 g/mol. The summed E-state index contributed by atoms with van der Waals surface area (Å²) in [5.41, 5.74) is 1.91. The normalized spacial score (nSPS) is 18.2. The van der Waals surface area contributed by atoms with Gasteiger partial charge < -0.3 is 0 Å². The molecular formula is C22H18N4O2S4. The first-order valence-electron chi connectivity index (χ1n) is 10.2. The van der Waals surface area contributed by atoms with Crippen molar-refractivity contribution < 1.29 is 4.79 Å². The summed E-state index contributed by atoms with van der Waals surface area (Å²) in [5, 5.41) is 11.0. The number of carbonyl (C=O) groups excluding carboxylic acids is 1. The number of rotatable bonds is 4. The topological polar surface area (TPSA) is 67.6 Å². The molecule has 0 fully saturated rings. The van der Waals surface area contributed by atoms with Gasteiger partial charge in [-0.1, -0.05) is 12.1 Å². The van der Waals surface area contributed by atoms with Gasteiger partial charge in [0.1, 0.15) is 11.4 Å². The molecule has 0 aliphatic carbocycles. The van der Waals surface area contributed by atoms with Gasteiger partial charge in [-0.2, -0.15) is 16.9 Å². The van der Waals surface area contributed by atoms with E-state index in [9.17, 15) is 9.59 Å². The predicted octanol–water partition coefficient (Wildman–Crippen LogP) is 4.75. The fourth-order valence-electron chi connectivity index (χ4n) is 4.21. The SMILES string of the molecule is O=C(Cn1cnc2sc3c(c2c1=O)CCSC3)N1N=C(c2cccs2)C[C@@H]1c1cccs1. The van der Waals surface area contributed by atoms with Crippen molar-refractivity contribution in [3.8, 4) is 0 Å². The van der Waals surface area contributed by atoms with Crippen molar-refractivity contribution in [3.05, 3.63) is 71.9 Å². The minimum Gasteiger partial charge on any atom is -0.289 e. The van der Waals surface area contributed by atoms with E-state index in [0.717, 1.165) is 43.8 Å². The molecule has 2 aliphatic heterocycles. The van der Waals surface area contributed by atoms with Crippen LogP contribution in [0.1, 0.15) is 32.7 Å². The number of carbonyl (C=O) groups is 1. The Morgan fingerprint density at radius 1 is 1.19 bits per heavy atom.